The predicted molar refractivity (Wildman–Crippen MR) is 71.1 cm³/mol. The van der Waals surface area contributed by atoms with Gasteiger partial charge in [0.15, 0.2) is 0 Å². The fourth-order valence-corrected chi connectivity index (χ4v) is 1.62. The molecule has 1 aromatic rings. The van der Waals surface area contributed by atoms with Gasteiger partial charge in [0, 0.05) is 23.3 Å². The molecule has 0 aliphatic heterocycles. The second-order valence-corrected chi connectivity index (χ2v) is 5.58. The van der Waals surface area contributed by atoms with Crippen LogP contribution in [0.25, 0.3) is 0 Å². The molecule has 96 valence electrons. The number of nitrogens with two attached hydrogens (primary N) is 1. The summed E-state index contributed by atoms with van der Waals surface area (Å²) in [5.41, 5.74) is 6.96. The van der Waals surface area contributed by atoms with Crippen LogP contribution in [0.15, 0.2) is 6.07 Å². The van der Waals surface area contributed by atoms with Gasteiger partial charge in [-0.2, -0.15) is 0 Å². The highest BCUT2D eigenvalue weighted by Crippen LogP contribution is 2.24. The van der Waals surface area contributed by atoms with Gasteiger partial charge in [-0.3, -0.25) is 0 Å². The zero-order valence-electron chi connectivity index (χ0n) is 10.7. The number of hydrogen-bond donors (Lipinski definition) is 3. The van der Waals surface area contributed by atoms with Gasteiger partial charge in [-0.05, 0) is 33.8 Å². The van der Waals surface area contributed by atoms with Crippen molar-refractivity contribution < 1.29 is 5.11 Å². The lowest BCUT2D eigenvalue weighted by atomic mass is 10.1. The summed E-state index contributed by atoms with van der Waals surface area (Å²) in [7, 11) is 0. The van der Waals surface area contributed by atoms with Crippen molar-refractivity contribution in [2.24, 2.45) is 0 Å². The molecule has 0 aliphatic carbocycles. The fourth-order valence-electron chi connectivity index (χ4n) is 1.46. The Balaban J connectivity index is 2.82. The van der Waals surface area contributed by atoms with Gasteiger partial charge in [0.2, 0.25) is 0 Å². The highest BCUT2D eigenvalue weighted by molar-refractivity contribution is 6.32. The van der Waals surface area contributed by atoms with Crippen LogP contribution in [-0.4, -0.2) is 22.2 Å². The first-order valence-electron chi connectivity index (χ1n) is 5.56. The van der Waals surface area contributed by atoms with Gasteiger partial charge in [-0.1, -0.05) is 11.6 Å². The number of hydrogen-bond acceptors (Lipinski definition) is 4. The van der Waals surface area contributed by atoms with E-state index in [1.54, 1.807) is 6.07 Å². The Bertz CT molecular complexity index is 401. The number of aliphatic hydroxyl groups is 1. The molecule has 0 aromatic carbocycles. The number of β-amino-alcohol motifs (C(OH)–C–C–N with tert-alkyl or cyclic N) is 1. The van der Waals surface area contributed by atoms with E-state index in [4.69, 9.17) is 17.3 Å². The van der Waals surface area contributed by atoms with Crippen LogP contribution in [-0.2, 0) is 0 Å². The van der Waals surface area contributed by atoms with Gasteiger partial charge >= 0.3 is 0 Å². The second-order valence-electron chi connectivity index (χ2n) is 5.18. The van der Waals surface area contributed by atoms with Gasteiger partial charge in [-0.25, -0.2) is 4.98 Å². The molecular formula is C12H20ClN3O. The van der Waals surface area contributed by atoms with Crippen LogP contribution in [0.4, 0.5) is 5.82 Å². The number of aryl methyl sites for hydroxylation is 1. The van der Waals surface area contributed by atoms with E-state index in [-0.39, 0.29) is 5.54 Å². The quantitative estimate of drug-likeness (QED) is 0.775. The average molecular weight is 258 g/mol. The molecular weight excluding hydrogens is 238 g/mol. The monoisotopic (exact) mass is 257 g/mol. The SMILES string of the molecule is Cc1nc(N)c(Cl)cc1[C@H](O)CNC(C)(C)C. The summed E-state index contributed by atoms with van der Waals surface area (Å²) in [4.78, 5) is 4.10. The zero-order chi connectivity index (χ0) is 13.2. The lowest BCUT2D eigenvalue weighted by Crippen LogP contribution is -2.38. The van der Waals surface area contributed by atoms with E-state index in [0.29, 0.717) is 28.6 Å². The Hall–Kier alpha value is -0.840. The molecule has 17 heavy (non-hydrogen) atoms. The smallest absolute Gasteiger partial charge is 0.142 e. The van der Waals surface area contributed by atoms with Crippen LogP contribution in [0.5, 0.6) is 0 Å². The fraction of sp³-hybridized carbons (Fsp3) is 0.583. The van der Waals surface area contributed by atoms with Crippen LogP contribution < -0.4 is 11.1 Å². The van der Waals surface area contributed by atoms with Gasteiger partial charge < -0.3 is 16.2 Å². The van der Waals surface area contributed by atoms with Crippen molar-refractivity contribution in [1.82, 2.24) is 10.3 Å². The number of rotatable bonds is 3. The number of halogens is 1. The summed E-state index contributed by atoms with van der Waals surface area (Å²) in [6.45, 7) is 8.39. The first kappa shape index (κ1) is 14.2. The Morgan fingerprint density at radius 2 is 2.12 bits per heavy atom. The van der Waals surface area contributed by atoms with E-state index in [1.165, 1.54) is 0 Å². The molecule has 0 bridgehead atoms. The van der Waals surface area contributed by atoms with E-state index in [0.717, 1.165) is 0 Å². The van der Waals surface area contributed by atoms with Gasteiger partial charge in [0.25, 0.3) is 0 Å². The standard InChI is InChI=1S/C12H20ClN3O/c1-7-8(5-9(13)11(14)16-7)10(17)6-15-12(2,3)4/h5,10,15,17H,6H2,1-4H3,(H2,14,16)/t10-/m1/s1. The Morgan fingerprint density at radius 3 is 2.65 bits per heavy atom. The van der Waals surface area contributed by atoms with Crippen molar-refractivity contribution in [3.63, 3.8) is 0 Å². The van der Waals surface area contributed by atoms with Crippen LogP contribution in [0.2, 0.25) is 5.02 Å². The Labute approximate surface area is 107 Å². The number of pyridine rings is 1. The van der Waals surface area contributed by atoms with Crippen LogP contribution in [0.3, 0.4) is 0 Å². The molecule has 0 saturated heterocycles. The van der Waals surface area contributed by atoms with Crippen LogP contribution >= 0.6 is 11.6 Å². The van der Waals surface area contributed by atoms with Crippen molar-refractivity contribution in [3.05, 3.63) is 22.3 Å². The number of nitrogens with one attached hydrogen (secondary N) is 1. The molecule has 0 radical (unpaired) electrons. The third kappa shape index (κ3) is 4.15. The summed E-state index contributed by atoms with van der Waals surface area (Å²) in [6, 6.07) is 1.67. The number of nitrogens with zero attached hydrogens (tertiary/aromatic N) is 1. The highest BCUT2D eigenvalue weighted by Gasteiger charge is 2.16. The molecule has 0 saturated carbocycles. The van der Waals surface area contributed by atoms with Crippen molar-refractivity contribution in [1.29, 1.82) is 0 Å². The first-order valence-corrected chi connectivity index (χ1v) is 5.94. The minimum absolute atomic E-state index is 0.0417. The Morgan fingerprint density at radius 1 is 1.53 bits per heavy atom. The molecule has 1 rings (SSSR count). The van der Waals surface area contributed by atoms with Crippen LogP contribution in [0, 0.1) is 6.92 Å². The minimum atomic E-state index is -0.639. The van der Waals surface area contributed by atoms with E-state index in [9.17, 15) is 5.11 Å². The molecule has 1 aromatic heterocycles. The lowest BCUT2D eigenvalue weighted by molar-refractivity contribution is 0.162. The molecule has 4 N–H and O–H groups in total. The largest absolute Gasteiger partial charge is 0.387 e. The molecule has 1 heterocycles. The maximum Gasteiger partial charge on any atom is 0.142 e. The van der Waals surface area contributed by atoms with Crippen molar-refractivity contribution in [2.45, 2.75) is 39.3 Å². The van der Waals surface area contributed by atoms with Crippen molar-refractivity contribution in [2.75, 3.05) is 12.3 Å². The van der Waals surface area contributed by atoms with E-state index < -0.39 is 6.10 Å². The topological polar surface area (TPSA) is 71.2 Å². The maximum absolute atomic E-state index is 10.1. The number of anilines is 1. The zero-order valence-corrected chi connectivity index (χ0v) is 11.5. The van der Waals surface area contributed by atoms with Gasteiger partial charge in [0.05, 0.1) is 11.1 Å². The Kier molecular flexibility index (Phi) is 4.36. The molecule has 0 amide bonds. The predicted octanol–water partition coefficient (Wildman–Crippen LogP) is 2.05. The van der Waals surface area contributed by atoms with Gasteiger partial charge in [-0.15, -0.1) is 0 Å². The lowest BCUT2D eigenvalue weighted by Gasteiger charge is -2.23. The molecule has 0 spiro atoms. The first-order chi connectivity index (χ1) is 7.70. The summed E-state index contributed by atoms with van der Waals surface area (Å²) in [5, 5.41) is 13.7. The minimum Gasteiger partial charge on any atom is -0.387 e. The molecule has 4 nitrogen and oxygen atoms in total. The maximum atomic E-state index is 10.1. The normalized spacial score (nSPS) is 13.8. The summed E-state index contributed by atoms with van der Waals surface area (Å²) in [6.07, 6.45) is -0.639. The second kappa shape index (κ2) is 5.21. The van der Waals surface area contributed by atoms with Crippen molar-refractivity contribution >= 4 is 17.4 Å². The average Bonchev–Trinajstić information content (AvgIpc) is 2.19. The third-order valence-corrected chi connectivity index (χ3v) is 2.72. The van der Waals surface area contributed by atoms with E-state index >= 15 is 0 Å². The van der Waals surface area contributed by atoms with Gasteiger partial charge in [0.1, 0.15) is 5.82 Å². The van der Waals surface area contributed by atoms with Crippen LogP contribution in [0.1, 0.15) is 38.1 Å². The molecule has 0 fully saturated rings. The summed E-state index contributed by atoms with van der Waals surface area (Å²) >= 11 is 5.90. The molecule has 0 unspecified atom stereocenters. The van der Waals surface area contributed by atoms with Crippen molar-refractivity contribution in [3.8, 4) is 0 Å². The summed E-state index contributed by atoms with van der Waals surface area (Å²) < 4.78 is 0. The molecule has 5 heteroatoms. The third-order valence-electron chi connectivity index (χ3n) is 2.42. The van der Waals surface area contributed by atoms with E-state index in [1.807, 2.05) is 27.7 Å². The number of aromatic nitrogens is 1. The molecule has 0 aliphatic rings. The number of nitrogen functional groups attached to an aromatic ring is 1. The number of aliphatic hydroxyl groups excluding tert-OH is 1. The summed E-state index contributed by atoms with van der Waals surface area (Å²) in [5.74, 6) is 0.295. The molecule has 1 atom stereocenters. The van der Waals surface area contributed by atoms with E-state index in [2.05, 4.69) is 10.3 Å². The highest BCUT2D eigenvalue weighted by atomic mass is 35.5.